The number of rotatable bonds is 3. The summed E-state index contributed by atoms with van der Waals surface area (Å²) in [7, 11) is 0. The molecule has 0 saturated heterocycles. The highest BCUT2D eigenvalue weighted by Crippen LogP contribution is 2.56. The molecular formula is C39H26N4S. The van der Waals surface area contributed by atoms with Crippen molar-refractivity contribution < 1.29 is 0 Å². The lowest BCUT2D eigenvalue weighted by molar-refractivity contribution is 0.653. The molecule has 8 aromatic rings. The predicted octanol–water partition coefficient (Wildman–Crippen LogP) is 10.2. The largest absolute Gasteiger partial charge is 0.317 e. The molecule has 5 heteroatoms. The zero-order valence-corrected chi connectivity index (χ0v) is 24.5. The number of benzene rings is 4. The van der Waals surface area contributed by atoms with Gasteiger partial charge in [-0.2, -0.15) is 0 Å². The second-order valence-electron chi connectivity index (χ2n) is 11.6. The molecule has 0 bridgehead atoms. The Morgan fingerprint density at radius 1 is 0.659 bits per heavy atom. The van der Waals surface area contributed by atoms with Gasteiger partial charge in [0, 0.05) is 61.0 Å². The molecule has 4 aromatic heterocycles. The van der Waals surface area contributed by atoms with Crippen LogP contribution in [0.25, 0.3) is 48.7 Å². The van der Waals surface area contributed by atoms with Crippen LogP contribution in [0.4, 0.5) is 11.6 Å². The molecule has 0 saturated carbocycles. The van der Waals surface area contributed by atoms with Gasteiger partial charge in [0.2, 0.25) is 5.95 Å². The summed E-state index contributed by atoms with van der Waals surface area (Å²) in [6.45, 7) is 0. The van der Waals surface area contributed by atoms with Crippen LogP contribution >= 0.6 is 11.3 Å². The van der Waals surface area contributed by atoms with E-state index in [1.807, 2.05) is 11.3 Å². The van der Waals surface area contributed by atoms with E-state index in [4.69, 9.17) is 4.98 Å². The van der Waals surface area contributed by atoms with Gasteiger partial charge in [0.1, 0.15) is 0 Å². The van der Waals surface area contributed by atoms with E-state index in [9.17, 15) is 0 Å². The molecule has 0 spiro atoms. The van der Waals surface area contributed by atoms with Crippen molar-refractivity contribution in [2.45, 2.75) is 12.0 Å². The van der Waals surface area contributed by atoms with Crippen LogP contribution < -0.4 is 4.90 Å². The van der Waals surface area contributed by atoms with E-state index in [-0.39, 0.29) is 12.0 Å². The first kappa shape index (κ1) is 24.1. The quantitative estimate of drug-likeness (QED) is 0.207. The van der Waals surface area contributed by atoms with E-state index in [1.165, 1.54) is 53.9 Å². The number of pyridine rings is 1. The lowest BCUT2D eigenvalue weighted by atomic mass is 9.86. The van der Waals surface area contributed by atoms with Crippen molar-refractivity contribution in [3.05, 3.63) is 157 Å². The lowest BCUT2D eigenvalue weighted by Gasteiger charge is -2.31. The third kappa shape index (κ3) is 3.24. The maximum atomic E-state index is 5.55. The molecule has 4 aromatic carbocycles. The molecule has 0 radical (unpaired) electrons. The van der Waals surface area contributed by atoms with Crippen molar-refractivity contribution in [2.24, 2.45) is 0 Å². The lowest BCUT2D eigenvalue weighted by Crippen LogP contribution is -2.25. The van der Waals surface area contributed by atoms with Crippen LogP contribution in [0.1, 0.15) is 28.8 Å². The smallest absolute Gasteiger partial charge is 0.215 e. The SMILES string of the molecule is C1=CC2c3ccccc3N(c3nc(-c4cccc5c4sc4ccccc45)c4ccccn34)C2c2ccn(-c3ccccc3)c21. The standard InChI is InChI=1S/C39H26N4S/c1-2-11-25(12-3-1)41-24-22-30-32(41)21-20-28-26-13-4-6-17-33(26)43(37(28)30)39-40-36(34-18-8-9-23-42(34)39)31-16-10-15-29-27-14-5-7-19-35(27)44-38(29)31/h1-24,28,37H. The number of aromatic nitrogens is 3. The molecule has 10 rings (SSSR count). The summed E-state index contributed by atoms with van der Waals surface area (Å²) in [6.07, 6.45) is 9.07. The fraction of sp³-hybridized carbons (Fsp3) is 0.0513. The molecule has 2 aliphatic rings. The second kappa shape index (κ2) is 9.06. The van der Waals surface area contributed by atoms with Crippen molar-refractivity contribution in [2.75, 3.05) is 4.90 Å². The van der Waals surface area contributed by atoms with Crippen LogP contribution in [0, 0.1) is 0 Å². The Bertz CT molecular complexity index is 2430. The van der Waals surface area contributed by atoms with Gasteiger partial charge >= 0.3 is 0 Å². The molecule has 208 valence electrons. The molecule has 0 N–H and O–H groups in total. The van der Waals surface area contributed by atoms with Gasteiger partial charge in [-0.3, -0.25) is 4.40 Å². The molecule has 2 atom stereocenters. The van der Waals surface area contributed by atoms with E-state index in [2.05, 4.69) is 160 Å². The average Bonchev–Trinajstić information content (AvgIpc) is 3.85. The Balaban J connectivity index is 1.21. The van der Waals surface area contributed by atoms with E-state index in [0.29, 0.717) is 0 Å². The third-order valence-corrected chi connectivity index (χ3v) is 10.6. The monoisotopic (exact) mass is 582 g/mol. The zero-order valence-electron chi connectivity index (χ0n) is 23.7. The summed E-state index contributed by atoms with van der Waals surface area (Å²) in [5.74, 6) is 1.18. The van der Waals surface area contributed by atoms with Crippen LogP contribution in [-0.4, -0.2) is 14.0 Å². The number of fused-ring (bicyclic) bond motifs is 9. The number of anilines is 2. The number of nitrogens with zero attached hydrogens (tertiary/aromatic N) is 4. The highest BCUT2D eigenvalue weighted by atomic mass is 32.1. The minimum absolute atomic E-state index is 0.0936. The average molecular weight is 583 g/mol. The summed E-state index contributed by atoms with van der Waals surface area (Å²) >= 11 is 1.86. The number of para-hydroxylation sites is 2. The highest BCUT2D eigenvalue weighted by Gasteiger charge is 2.44. The van der Waals surface area contributed by atoms with Gasteiger partial charge in [-0.15, -0.1) is 11.3 Å². The molecule has 44 heavy (non-hydrogen) atoms. The maximum absolute atomic E-state index is 5.55. The Kier molecular flexibility index (Phi) is 4.96. The van der Waals surface area contributed by atoms with Gasteiger partial charge in [0.05, 0.1) is 22.9 Å². The summed E-state index contributed by atoms with van der Waals surface area (Å²) in [5.41, 5.74) is 9.59. The summed E-state index contributed by atoms with van der Waals surface area (Å²) < 4.78 is 7.18. The molecule has 0 amide bonds. The van der Waals surface area contributed by atoms with Gasteiger partial charge in [-0.05, 0) is 54.1 Å². The third-order valence-electron chi connectivity index (χ3n) is 9.35. The summed E-state index contributed by atoms with van der Waals surface area (Å²) in [5, 5.41) is 2.59. The molecular weight excluding hydrogens is 557 g/mol. The fourth-order valence-electron chi connectivity index (χ4n) is 7.46. The Morgan fingerprint density at radius 2 is 1.48 bits per heavy atom. The van der Waals surface area contributed by atoms with E-state index < -0.39 is 0 Å². The van der Waals surface area contributed by atoms with Gasteiger partial charge in [-0.25, -0.2) is 4.98 Å². The second-order valence-corrected chi connectivity index (χ2v) is 12.7. The van der Waals surface area contributed by atoms with Crippen molar-refractivity contribution in [1.82, 2.24) is 14.0 Å². The zero-order chi connectivity index (χ0) is 28.8. The van der Waals surface area contributed by atoms with Crippen molar-refractivity contribution in [3.63, 3.8) is 0 Å². The van der Waals surface area contributed by atoms with Crippen LogP contribution in [0.5, 0.6) is 0 Å². The Morgan fingerprint density at radius 3 is 2.43 bits per heavy atom. The van der Waals surface area contributed by atoms with E-state index in [1.54, 1.807) is 0 Å². The Labute approximate surface area is 258 Å². The minimum atomic E-state index is 0.0936. The first-order chi connectivity index (χ1) is 21.8. The normalized spacial score (nSPS) is 17.0. The fourth-order valence-corrected chi connectivity index (χ4v) is 8.68. The van der Waals surface area contributed by atoms with Gasteiger partial charge in [0.25, 0.3) is 0 Å². The van der Waals surface area contributed by atoms with Gasteiger partial charge in [-0.1, -0.05) is 84.9 Å². The van der Waals surface area contributed by atoms with Crippen molar-refractivity contribution in [3.8, 4) is 16.9 Å². The van der Waals surface area contributed by atoms with Crippen LogP contribution in [0.3, 0.4) is 0 Å². The molecule has 4 nitrogen and oxygen atoms in total. The number of imidazole rings is 1. The van der Waals surface area contributed by atoms with E-state index in [0.717, 1.165) is 17.2 Å². The number of hydrogen-bond donors (Lipinski definition) is 0. The predicted molar refractivity (Wildman–Crippen MR) is 182 cm³/mol. The number of thiophene rings is 1. The molecule has 1 aliphatic carbocycles. The van der Waals surface area contributed by atoms with Crippen molar-refractivity contribution >= 4 is 54.7 Å². The van der Waals surface area contributed by atoms with Gasteiger partial charge < -0.3 is 9.47 Å². The molecule has 1 aliphatic heterocycles. The summed E-state index contributed by atoms with van der Waals surface area (Å²) in [4.78, 5) is 8.04. The molecule has 0 fully saturated rings. The van der Waals surface area contributed by atoms with Crippen LogP contribution in [-0.2, 0) is 0 Å². The molecule has 5 heterocycles. The van der Waals surface area contributed by atoms with Crippen LogP contribution in [0.2, 0.25) is 0 Å². The maximum Gasteiger partial charge on any atom is 0.215 e. The molecule has 2 unspecified atom stereocenters. The topological polar surface area (TPSA) is 25.5 Å². The summed E-state index contributed by atoms with van der Waals surface area (Å²) in [6, 6.07) is 43.7. The minimum Gasteiger partial charge on any atom is -0.317 e. The van der Waals surface area contributed by atoms with Crippen molar-refractivity contribution in [1.29, 1.82) is 0 Å². The first-order valence-electron chi connectivity index (χ1n) is 15.1. The van der Waals surface area contributed by atoms with Crippen LogP contribution in [0.15, 0.2) is 140 Å². The highest BCUT2D eigenvalue weighted by molar-refractivity contribution is 7.26. The van der Waals surface area contributed by atoms with Gasteiger partial charge in [0.15, 0.2) is 0 Å². The Hall–Kier alpha value is -5.39. The van der Waals surface area contributed by atoms with E-state index >= 15 is 0 Å². The first-order valence-corrected chi connectivity index (χ1v) is 15.9. The number of hydrogen-bond acceptors (Lipinski definition) is 3.